The summed E-state index contributed by atoms with van der Waals surface area (Å²) in [5.74, 6) is 1.50. The summed E-state index contributed by atoms with van der Waals surface area (Å²) >= 11 is 0. The molecule has 2 aromatic rings. The third-order valence-corrected chi connectivity index (χ3v) is 6.82. The van der Waals surface area contributed by atoms with Crippen LogP contribution >= 0.6 is 0 Å². The number of piperazine rings is 1. The molecule has 1 amide bonds. The standard InChI is InChI=1S/C26H32N8O2/c1-32-11-13-33(14-12-32)21-6-7-23(22(16-21)19-4-5-19)30-25-29-18-20(17-27)24(31-25)28-8-2-9-34-10-3-15-36-26(34)35/h3,6-7,15-16,18-19H,2,4-5,8-14H2,1H3,(H2,28,29,30,31). The van der Waals surface area contributed by atoms with Gasteiger partial charge in [-0.25, -0.2) is 9.78 Å². The Hall–Kier alpha value is -3.84. The molecule has 1 aromatic heterocycles. The SMILES string of the molecule is CN1CCN(c2ccc(Nc3ncc(C#N)c(NCCCN4CC=COC4=O)n3)c(C3CC3)c2)CC1. The van der Waals surface area contributed by atoms with Crippen LogP contribution in [0.2, 0.25) is 0 Å². The Kier molecular flexibility index (Phi) is 7.18. The lowest BCUT2D eigenvalue weighted by Crippen LogP contribution is -2.44. The van der Waals surface area contributed by atoms with Gasteiger partial charge in [-0.2, -0.15) is 10.2 Å². The number of nitrogens with one attached hydrogen (secondary N) is 2. The van der Waals surface area contributed by atoms with E-state index in [-0.39, 0.29) is 6.09 Å². The van der Waals surface area contributed by atoms with Crippen LogP contribution in [0.5, 0.6) is 0 Å². The summed E-state index contributed by atoms with van der Waals surface area (Å²) in [7, 11) is 2.17. The summed E-state index contributed by atoms with van der Waals surface area (Å²) < 4.78 is 4.90. The van der Waals surface area contributed by atoms with Crippen molar-refractivity contribution in [2.45, 2.75) is 25.2 Å². The molecular weight excluding hydrogens is 456 g/mol. The molecule has 3 aliphatic rings. The van der Waals surface area contributed by atoms with Gasteiger partial charge in [0.2, 0.25) is 5.95 Å². The Labute approximate surface area is 211 Å². The van der Waals surface area contributed by atoms with Crippen molar-refractivity contribution in [3.8, 4) is 6.07 Å². The predicted octanol–water partition coefficient (Wildman–Crippen LogP) is 3.49. The molecule has 0 spiro atoms. The molecule has 2 aliphatic heterocycles. The molecule has 0 unspecified atom stereocenters. The number of likely N-dealkylation sites (N-methyl/N-ethyl adjacent to an activating group) is 1. The van der Waals surface area contributed by atoms with Crippen LogP contribution in [0, 0.1) is 11.3 Å². The Morgan fingerprint density at radius 2 is 2.06 bits per heavy atom. The number of nitriles is 1. The zero-order chi connectivity index (χ0) is 24.9. The van der Waals surface area contributed by atoms with Gasteiger partial charge in [0.15, 0.2) is 0 Å². The minimum atomic E-state index is -0.339. The minimum absolute atomic E-state index is 0.339. The van der Waals surface area contributed by atoms with Crippen LogP contribution in [0.15, 0.2) is 36.7 Å². The van der Waals surface area contributed by atoms with Gasteiger partial charge in [0, 0.05) is 57.2 Å². The summed E-state index contributed by atoms with van der Waals surface area (Å²) in [5.41, 5.74) is 3.97. The van der Waals surface area contributed by atoms with Gasteiger partial charge in [-0.15, -0.1) is 0 Å². The van der Waals surface area contributed by atoms with E-state index in [1.54, 1.807) is 17.2 Å². The zero-order valence-corrected chi connectivity index (χ0v) is 20.6. The quantitative estimate of drug-likeness (QED) is 0.513. The number of hydrogen-bond acceptors (Lipinski definition) is 9. The van der Waals surface area contributed by atoms with Crippen LogP contribution in [-0.4, -0.2) is 78.7 Å². The molecule has 5 rings (SSSR count). The van der Waals surface area contributed by atoms with Crippen LogP contribution in [0.4, 0.5) is 27.9 Å². The van der Waals surface area contributed by atoms with Gasteiger partial charge < -0.3 is 30.1 Å². The summed E-state index contributed by atoms with van der Waals surface area (Å²) in [6.07, 6.45) is 7.51. The Balaban J connectivity index is 1.25. The fraction of sp³-hybridized carbons (Fsp3) is 0.462. The highest BCUT2D eigenvalue weighted by molar-refractivity contribution is 5.69. The molecule has 2 fully saturated rings. The second-order valence-corrected chi connectivity index (χ2v) is 9.51. The lowest BCUT2D eigenvalue weighted by molar-refractivity contribution is 0.133. The number of aromatic nitrogens is 2. The number of benzene rings is 1. The van der Waals surface area contributed by atoms with Gasteiger partial charge in [0.1, 0.15) is 17.5 Å². The lowest BCUT2D eigenvalue weighted by Gasteiger charge is -2.34. The van der Waals surface area contributed by atoms with Crippen LogP contribution < -0.4 is 15.5 Å². The fourth-order valence-corrected chi connectivity index (χ4v) is 4.52. The maximum absolute atomic E-state index is 11.7. The molecule has 10 heteroatoms. The van der Waals surface area contributed by atoms with E-state index in [0.29, 0.717) is 49.3 Å². The maximum atomic E-state index is 11.7. The molecule has 0 atom stereocenters. The third kappa shape index (κ3) is 5.69. The van der Waals surface area contributed by atoms with E-state index in [1.165, 1.54) is 30.4 Å². The number of anilines is 4. The van der Waals surface area contributed by atoms with Gasteiger partial charge in [-0.3, -0.25) is 0 Å². The molecule has 188 valence electrons. The molecule has 1 saturated carbocycles. The van der Waals surface area contributed by atoms with Crippen LogP contribution in [0.25, 0.3) is 0 Å². The number of cyclic esters (lactones) is 1. The fourth-order valence-electron chi connectivity index (χ4n) is 4.52. The summed E-state index contributed by atoms with van der Waals surface area (Å²) in [6, 6.07) is 8.76. The number of ether oxygens (including phenoxy) is 1. The molecule has 3 heterocycles. The van der Waals surface area contributed by atoms with Crippen molar-refractivity contribution in [1.82, 2.24) is 19.8 Å². The number of rotatable bonds is 9. The lowest BCUT2D eigenvalue weighted by atomic mass is 10.1. The molecule has 1 aromatic carbocycles. The zero-order valence-electron chi connectivity index (χ0n) is 20.6. The number of hydrogen-bond donors (Lipinski definition) is 2. The number of carbonyl (C=O) groups excluding carboxylic acids is 1. The van der Waals surface area contributed by atoms with Crippen molar-refractivity contribution >= 4 is 29.2 Å². The van der Waals surface area contributed by atoms with Crippen molar-refractivity contribution in [3.05, 3.63) is 47.9 Å². The number of nitrogens with zero attached hydrogens (tertiary/aromatic N) is 6. The summed E-state index contributed by atoms with van der Waals surface area (Å²) in [4.78, 5) is 27.2. The largest absolute Gasteiger partial charge is 0.418 e. The van der Waals surface area contributed by atoms with E-state index in [0.717, 1.165) is 31.9 Å². The molecular formula is C26H32N8O2. The van der Waals surface area contributed by atoms with Crippen LogP contribution in [0.3, 0.4) is 0 Å². The van der Waals surface area contributed by atoms with Gasteiger partial charge in [-0.1, -0.05) is 0 Å². The molecule has 10 nitrogen and oxygen atoms in total. The first kappa shape index (κ1) is 23.9. The van der Waals surface area contributed by atoms with Gasteiger partial charge in [0.05, 0.1) is 12.5 Å². The number of carbonyl (C=O) groups is 1. The number of amides is 1. The second kappa shape index (κ2) is 10.8. The van der Waals surface area contributed by atoms with E-state index < -0.39 is 0 Å². The monoisotopic (exact) mass is 488 g/mol. The topological polar surface area (TPSA) is 110 Å². The molecule has 1 aliphatic carbocycles. The highest BCUT2D eigenvalue weighted by Crippen LogP contribution is 2.45. The molecule has 2 N–H and O–H groups in total. The van der Waals surface area contributed by atoms with Gasteiger partial charge >= 0.3 is 6.09 Å². The first-order valence-corrected chi connectivity index (χ1v) is 12.6. The van der Waals surface area contributed by atoms with Crippen molar-refractivity contribution < 1.29 is 9.53 Å². The first-order chi connectivity index (χ1) is 17.6. The predicted molar refractivity (Wildman–Crippen MR) is 138 cm³/mol. The van der Waals surface area contributed by atoms with Crippen molar-refractivity contribution in [2.75, 3.05) is 68.4 Å². The summed E-state index contributed by atoms with van der Waals surface area (Å²) in [5, 5.41) is 16.1. The highest BCUT2D eigenvalue weighted by atomic mass is 16.5. The molecule has 0 bridgehead atoms. The highest BCUT2D eigenvalue weighted by Gasteiger charge is 2.28. The van der Waals surface area contributed by atoms with Gasteiger partial charge in [-0.05, 0) is 62.1 Å². The van der Waals surface area contributed by atoms with E-state index in [4.69, 9.17) is 4.74 Å². The maximum Gasteiger partial charge on any atom is 0.414 e. The third-order valence-electron chi connectivity index (χ3n) is 6.82. The minimum Gasteiger partial charge on any atom is -0.418 e. The van der Waals surface area contributed by atoms with Crippen molar-refractivity contribution in [2.24, 2.45) is 0 Å². The average Bonchev–Trinajstić information content (AvgIpc) is 3.74. The van der Waals surface area contributed by atoms with E-state index in [1.807, 2.05) is 0 Å². The second-order valence-electron chi connectivity index (χ2n) is 9.51. The Morgan fingerprint density at radius 3 is 2.81 bits per heavy atom. The van der Waals surface area contributed by atoms with E-state index in [9.17, 15) is 10.1 Å². The van der Waals surface area contributed by atoms with Crippen LogP contribution in [-0.2, 0) is 4.74 Å². The first-order valence-electron chi connectivity index (χ1n) is 12.6. The Morgan fingerprint density at radius 1 is 1.22 bits per heavy atom. The van der Waals surface area contributed by atoms with E-state index >= 15 is 0 Å². The smallest absolute Gasteiger partial charge is 0.414 e. The summed E-state index contributed by atoms with van der Waals surface area (Å²) in [6.45, 7) is 5.89. The van der Waals surface area contributed by atoms with E-state index in [2.05, 4.69) is 61.7 Å². The molecule has 0 radical (unpaired) electrons. The normalized spacial score (nSPS) is 18.1. The van der Waals surface area contributed by atoms with Crippen molar-refractivity contribution in [3.63, 3.8) is 0 Å². The van der Waals surface area contributed by atoms with Crippen LogP contribution in [0.1, 0.15) is 36.3 Å². The van der Waals surface area contributed by atoms with Crippen molar-refractivity contribution in [1.29, 1.82) is 5.26 Å². The Bertz CT molecular complexity index is 1170. The molecule has 36 heavy (non-hydrogen) atoms. The van der Waals surface area contributed by atoms with Gasteiger partial charge in [0.25, 0.3) is 0 Å². The average molecular weight is 489 g/mol. The molecule has 1 saturated heterocycles.